The normalized spacial score (nSPS) is 10.2. The number of carbonyl (C=O) groups is 1. The molecule has 0 fully saturated rings. The largest absolute Gasteiger partial charge is 0.347 e. The molecule has 0 bridgehead atoms. The van der Waals surface area contributed by atoms with Gasteiger partial charge in [-0.15, -0.1) is 0 Å². The van der Waals surface area contributed by atoms with Crippen molar-refractivity contribution in [1.82, 2.24) is 14.9 Å². The topological polar surface area (TPSA) is 70.7 Å². The molecule has 5 nitrogen and oxygen atoms in total. The van der Waals surface area contributed by atoms with Crippen molar-refractivity contribution in [2.45, 2.75) is 6.54 Å². The molecule has 0 atom stereocenters. The SMILES string of the molecule is N#Cc1ccn(-c2cccc(F)c2)c1C(=O)NCc1ccncc1. The van der Waals surface area contributed by atoms with E-state index < -0.39 is 11.7 Å². The molecule has 0 aliphatic carbocycles. The molecule has 2 heterocycles. The van der Waals surface area contributed by atoms with E-state index >= 15 is 0 Å². The van der Waals surface area contributed by atoms with Crippen LogP contribution in [0, 0.1) is 17.1 Å². The molecule has 3 aromatic rings. The predicted molar refractivity (Wildman–Crippen MR) is 85.8 cm³/mol. The molecule has 0 spiro atoms. The summed E-state index contributed by atoms with van der Waals surface area (Å²) in [5.74, 6) is -0.819. The average Bonchev–Trinajstić information content (AvgIpc) is 3.05. The first-order valence-electron chi connectivity index (χ1n) is 7.23. The average molecular weight is 320 g/mol. The Bertz CT molecular complexity index is 912. The fourth-order valence-corrected chi connectivity index (χ4v) is 2.36. The van der Waals surface area contributed by atoms with Gasteiger partial charge in [0, 0.05) is 30.8 Å². The van der Waals surface area contributed by atoms with Gasteiger partial charge in [0.05, 0.1) is 5.56 Å². The number of aromatic nitrogens is 2. The van der Waals surface area contributed by atoms with Gasteiger partial charge < -0.3 is 9.88 Å². The lowest BCUT2D eigenvalue weighted by molar-refractivity contribution is 0.0944. The number of hydrogen-bond acceptors (Lipinski definition) is 3. The van der Waals surface area contributed by atoms with Gasteiger partial charge >= 0.3 is 0 Å². The summed E-state index contributed by atoms with van der Waals surface area (Å²) in [4.78, 5) is 16.5. The number of carbonyl (C=O) groups excluding carboxylic acids is 1. The zero-order chi connectivity index (χ0) is 16.9. The van der Waals surface area contributed by atoms with Crippen molar-refractivity contribution < 1.29 is 9.18 Å². The fourth-order valence-electron chi connectivity index (χ4n) is 2.36. The molecule has 1 aromatic carbocycles. The van der Waals surface area contributed by atoms with Crippen LogP contribution in [0.5, 0.6) is 0 Å². The van der Waals surface area contributed by atoms with E-state index in [0.717, 1.165) is 5.56 Å². The van der Waals surface area contributed by atoms with E-state index in [1.54, 1.807) is 42.9 Å². The maximum absolute atomic E-state index is 13.5. The van der Waals surface area contributed by atoms with Crippen LogP contribution >= 0.6 is 0 Å². The van der Waals surface area contributed by atoms with Gasteiger partial charge in [0.25, 0.3) is 5.91 Å². The van der Waals surface area contributed by atoms with Gasteiger partial charge in [-0.1, -0.05) is 6.07 Å². The van der Waals surface area contributed by atoms with E-state index in [1.165, 1.54) is 22.8 Å². The number of amides is 1. The van der Waals surface area contributed by atoms with Crippen molar-refractivity contribution in [2.75, 3.05) is 0 Å². The number of nitrogens with one attached hydrogen (secondary N) is 1. The van der Waals surface area contributed by atoms with Crippen LogP contribution in [0.1, 0.15) is 21.6 Å². The lowest BCUT2D eigenvalue weighted by Gasteiger charge is -2.10. The summed E-state index contributed by atoms with van der Waals surface area (Å²) in [5.41, 5.74) is 1.77. The van der Waals surface area contributed by atoms with Crippen LogP contribution in [0.3, 0.4) is 0 Å². The maximum atomic E-state index is 13.5. The Labute approximate surface area is 138 Å². The Balaban J connectivity index is 1.90. The van der Waals surface area contributed by atoms with Crippen LogP contribution in [0.25, 0.3) is 5.69 Å². The van der Waals surface area contributed by atoms with Crippen LogP contribution < -0.4 is 5.32 Å². The molecule has 0 saturated heterocycles. The lowest BCUT2D eigenvalue weighted by Crippen LogP contribution is -2.26. The Hall–Kier alpha value is -3.46. The van der Waals surface area contributed by atoms with E-state index in [1.807, 2.05) is 6.07 Å². The smallest absolute Gasteiger partial charge is 0.269 e. The van der Waals surface area contributed by atoms with Gasteiger partial charge in [0.2, 0.25) is 0 Å². The highest BCUT2D eigenvalue weighted by molar-refractivity contribution is 5.95. The molecule has 1 N–H and O–H groups in total. The summed E-state index contributed by atoms with van der Waals surface area (Å²) >= 11 is 0. The summed E-state index contributed by atoms with van der Waals surface area (Å²) < 4.78 is 15.0. The number of pyridine rings is 1. The van der Waals surface area contributed by atoms with E-state index in [9.17, 15) is 14.4 Å². The minimum Gasteiger partial charge on any atom is -0.347 e. The highest BCUT2D eigenvalue weighted by atomic mass is 19.1. The zero-order valence-corrected chi connectivity index (χ0v) is 12.6. The zero-order valence-electron chi connectivity index (χ0n) is 12.6. The molecular formula is C18H13FN4O. The molecular weight excluding hydrogens is 307 g/mol. The Morgan fingerprint density at radius 3 is 2.75 bits per heavy atom. The number of rotatable bonds is 4. The Kier molecular flexibility index (Phi) is 4.34. The first kappa shape index (κ1) is 15.4. The molecule has 3 rings (SSSR count). The minimum absolute atomic E-state index is 0.178. The van der Waals surface area contributed by atoms with Gasteiger partial charge in [0.15, 0.2) is 0 Å². The van der Waals surface area contributed by atoms with E-state index in [2.05, 4.69) is 10.3 Å². The van der Waals surface area contributed by atoms with Gasteiger partial charge in [-0.2, -0.15) is 5.26 Å². The third-order valence-electron chi connectivity index (χ3n) is 3.51. The molecule has 0 saturated carbocycles. The minimum atomic E-state index is -0.414. The second-order valence-electron chi connectivity index (χ2n) is 5.08. The molecule has 1 amide bonds. The molecule has 0 unspecified atom stereocenters. The van der Waals surface area contributed by atoms with Crippen molar-refractivity contribution in [1.29, 1.82) is 5.26 Å². The molecule has 24 heavy (non-hydrogen) atoms. The first-order valence-corrected chi connectivity index (χ1v) is 7.23. The Morgan fingerprint density at radius 1 is 1.25 bits per heavy atom. The van der Waals surface area contributed by atoms with Crippen LogP contribution in [0.4, 0.5) is 4.39 Å². The molecule has 0 aliphatic rings. The summed E-state index contributed by atoms with van der Waals surface area (Å²) in [6, 6.07) is 13.0. The van der Waals surface area contributed by atoms with Crippen LogP contribution in [-0.4, -0.2) is 15.5 Å². The number of halogens is 1. The van der Waals surface area contributed by atoms with E-state index in [4.69, 9.17) is 0 Å². The summed E-state index contributed by atoms with van der Waals surface area (Å²) in [5, 5.41) is 12.0. The summed E-state index contributed by atoms with van der Waals surface area (Å²) in [7, 11) is 0. The first-order chi connectivity index (χ1) is 11.7. The number of hydrogen-bond donors (Lipinski definition) is 1. The number of nitriles is 1. The van der Waals surface area contributed by atoms with Gasteiger partial charge in [0.1, 0.15) is 17.6 Å². The highest BCUT2D eigenvalue weighted by Gasteiger charge is 2.18. The number of benzene rings is 1. The third kappa shape index (κ3) is 3.15. The lowest BCUT2D eigenvalue weighted by atomic mass is 10.2. The Morgan fingerprint density at radius 2 is 2.04 bits per heavy atom. The monoisotopic (exact) mass is 320 g/mol. The van der Waals surface area contributed by atoms with Crippen LogP contribution in [0.15, 0.2) is 61.1 Å². The van der Waals surface area contributed by atoms with Gasteiger partial charge in [-0.3, -0.25) is 9.78 Å². The fraction of sp³-hybridized carbons (Fsp3) is 0.0556. The van der Waals surface area contributed by atoms with Crippen LogP contribution in [-0.2, 0) is 6.54 Å². The van der Waals surface area contributed by atoms with Gasteiger partial charge in [-0.05, 0) is 42.0 Å². The maximum Gasteiger partial charge on any atom is 0.269 e. The van der Waals surface area contributed by atoms with Crippen molar-refractivity contribution in [2.24, 2.45) is 0 Å². The molecule has 2 aromatic heterocycles. The second kappa shape index (κ2) is 6.75. The number of nitrogens with zero attached hydrogens (tertiary/aromatic N) is 3. The van der Waals surface area contributed by atoms with Crippen molar-refractivity contribution in [3.63, 3.8) is 0 Å². The van der Waals surface area contributed by atoms with Crippen molar-refractivity contribution in [3.05, 3.63) is 83.7 Å². The summed E-state index contributed by atoms with van der Waals surface area (Å²) in [6.07, 6.45) is 4.85. The molecule has 0 radical (unpaired) electrons. The predicted octanol–water partition coefficient (Wildman–Crippen LogP) is 2.81. The van der Waals surface area contributed by atoms with Crippen molar-refractivity contribution in [3.8, 4) is 11.8 Å². The molecule has 0 aliphatic heterocycles. The standard InChI is InChI=1S/C18H13FN4O/c19-15-2-1-3-16(10-15)23-9-6-14(11-20)17(23)18(24)22-12-13-4-7-21-8-5-13/h1-10H,12H2,(H,22,24). The molecule has 118 valence electrons. The summed E-state index contributed by atoms with van der Waals surface area (Å²) in [6.45, 7) is 0.306. The van der Waals surface area contributed by atoms with Crippen molar-refractivity contribution >= 4 is 5.91 Å². The second-order valence-corrected chi connectivity index (χ2v) is 5.08. The third-order valence-corrected chi connectivity index (χ3v) is 3.51. The quantitative estimate of drug-likeness (QED) is 0.803. The van der Waals surface area contributed by atoms with Crippen LogP contribution in [0.2, 0.25) is 0 Å². The highest BCUT2D eigenvalue weighted by Crippen LogP contribution is 2.18. The molecule has 6 heteroatoms. The van der Waals surface area contributed by atoms with E-state index in [-0.39, 0.29) is 11.3 Å². The van der Waals surface area contributed by atoms with Gasteiger partial charge in [-0.25, -0.2) is 4.39 Å². The van der Waals surface area contributed by atoms with E-state index in [0.29, 0.717) is 12.2 Å².